The molecule has 0 spiro atoms. The summed E-state index contributed by atoms with van der Waals surface area (Å²) in [5, 5.41) is 9.02. The topological polar surface area (TPSA) is 160 Å². The normalized spacial score (nSPS) is 11.2. The van der Waals surface area contributed by atoms with Gasteiger partial charge in [0.1, 0.15) is 5.82 Å². The Morgan fingerprint density at radius 1 is 1.25 bits per heavy atom. The molecule has 24 heavy (non-hydrogen) atoms. The number of esters is 1. The molecule has 0 saturated carbocycles. The summed E-state index contributed by atoms with van der Waals surface area (Å²) in [4.78, 5) is 26.8. The second kappa shape index (κ2) is 6.76. The van der Waals surface area contributed by atoms with Gasteiger partial charge in [-0.25, -0.2) is 28.0 Å². The zero-order valence-electron chi connectivity index (χ0n) is 12.7. The van der Waals surface area contributed by atoms with E-state index in [0.29, 0.717) is 5.69 Å². The van der Waals surface area contributed by atoms with Crippen LogP contribution in [0.3, 0.4) is 0 Å². The van der Waals surface area contributed by atoms with Crippen LogP contribution in [-0.4, -0.2) is 41.7 Å². The molecule has 1 heterocycles. The lowest BCUT2D eigenvalue weighted by Crippen LogP contribution is -2.17. The van der Waals surface area contributed by atoms with E-state index >= 15 is 0 Å². The molecule has 4 N–H and O–H groups in total. The minimum absolute atomic E-state index is 0.0894. The van der Waals surface area contributed by atoms with E-state index in [1.165, 1.54) is 28.9 Å². The Hall–Kier alpha value is -2.79. The molecule has 0 unspecified atom stereocenters. The molecule has 0 atom stereocenters. The molecule has 1 aromatic heterocycles. The highest BCUT2D eigenvalue weighted by atomic mass is 32.2. The van der Waals surface area contributed by atoms with Crippen molar-refractivity contribution < 1.29 is 22.7 Å². The lowest BCUT2D eigenvalue weighted by molar-refractivity contribution is -0.117. The van der Waals surface area contributed by atoms with Crippen LogP contribution in [0.4, 0.5) is 0 Å². The van der Waals surface area contributed by atoms with Gasteiger partial charge in [0.25, 0.3) is 5.82 Å². The Morgan fingerprint density at radius 3 is 2.38 bits per heavy atom. The Balaban J connectivity index is 2.47. The first-order chi connectivity index (χ1) is 11.2. The van der Waals surface area contributed by atoms with E-state index in [4.69, 9.17) is 15.6 Å². The standard InChI is InChI=1S/C13H15N5O5S/c1-2-23-13(20)12-16-11(7-10(14)19)18(17-12)8-3-5-9(6-4-8)24(15,21)22/h3-6H,2,7H2,1H3,(H2,14,19)(H2,15,21,22). The molecule has 0 saturated heterocycles. The largest absolute Gasteiger partial charge is 0.460 e. The number of benzene rings is 1. The van der Waals surface area contributed by atoms with Crippen LogP contribution in [0, 0.1) is 0 Å². The van der Waals surface area contributed by atoms with E-state index in [2.05, 4.69) is 10.1 Å². The van der Waals surface area contributed by atoms with Gasteiger partial charge in [-0.1, -0.05) is 0 Å². The highest BCUT2D eigenvalue weighted by molar-refractivity contribution is 7.89. The monoisotopic (exact) mass is 353 g/mol. The predicted octanol–water partition coefficient (Wildman–Crippen LogP) is -0.881. The highest BCUT2D eigenvalue weighted by Crippen LogP contribution is 2.15. The fraction of sp³-hybridized carbons (Fsp3) is 0.231. The highest BCUT2D eigenvalue weighted by Gasteiger charge is 2.20. The number of hydrogen-bond acceptors (Lipinski definition) is 7. The van der Waals surface area contributed by atoms with Crippen molar-refractivity contribution in [1.29, 1.82) is 0 Å². The van der Waals surface area contributed by atoms with E-state index < -0.39 is 21.9 Å². The zero-order valence-corrected chi connectivity index (χ0v) is 13.5. The molecule has 1 aromatic carbocycles. The molecule has 128 valence electrons. The molecule has 0 aliphatic carbocycles. The van der Waals surface area contributed by atoms with E-state index in [1.807, 2.05) is 0 Å². The molecule has 0 aliphatic heterocycles. The molecule has 11 heteroatoms. The van der Waals surface area contributed by atoms with E-state index in [-0.39, 0.29) is 29.6 Å². The molecule has 10 nitrogen and oxygen atoms in total. The van der Waals surface area contributed by atoms with Crippen LogP contribution in [0.1, 0.15) is 23.4 Å². The minimum atomic E-state index is -3.84. The molecule has 0 bridgehead atoms. The third-order valence-corrected chi connectivity index (χ3v) is 3.80. The van der Waals surface area contributed by atoms with Gasteiger partial charge in [-0.2, -0.15) is 0 Å². The summed E-state index contributed by atoms with van der Waals surface area (Å²) < 4.78 is 28.6. The number of carbonyl (C=O) groups excluding carboxylic acids is 2. The Kier molecular flexibility index (Phi) is 4.95. The first kappa shape index (κ1) is 17.6. The van der Waals surface area contributed by atoms with Crippen LogP contribution in [-0.2, 0) is 26.0 Å². The second-order valence-corrected chi connectivity index (χ2v) is 6.23. The van der Waals surface area contributed by atoms with Crippen LogP contribution in [0.25, 0.3) is 5.69 Å². The number of aromatic nitrogens is 3. The Morgan fingerprint density at radius 2 is 1.88 bits per heavy atom. The first-order valence-electron chi connectivity index (χ1n) is 6.77. The summed E-state index contributed by atoms with van der Waals surface area (Å²) >= 11 is 0. The number of carbonyl (C=O) groups is 2. The van der Waals surface area contributed by atoms with Gasteiger partial charge >= 0.3 is 5.97 Å². The van der Waals surface area contributed by atoms with Gasteiger partial charge in [0, 0.05) is 0 Å². The average Bonchev–Trinajstić information content (AvgIpc) is 2.90. The van der Waals surface area contributed by atoms with Gasteiger partial charge in [0.2, 0.25) is 15.9 Å². The fourth-order valence-corrected chi connectivity index (χ4v) is 2.40. The number of rotatable bonds is 6. The van der Waals surface area contributed by atoms with Crippen molar-refractivity contribution in [1.82, 2.24) is 14.8 Å². The predicted molar refractivity (Wildman–Crippen MR) is 81.6 cm³/mol. The number of sulfonamides is 1. The summed E-state index contributed by atoms with van der Waals surface area (Å²) in [5.74, 6) is -1.53. The Bertz CT molecular complexity index is 873. The van der Waals surface area contributed by atoms with Crippen molar-refractivity contribution in [2.24, 2.45) is 10.9 Å². The maximum Gasteiger partial charge on any atom is 0.378 e. The van der Waals surface area contributed by atoms with E-state index in [0.717, 1.165) is 0 Å². The summed E-state index contributed by atoms with van der Waals surface area (Å²) in [7, 11) is -3.84. The molecule has 2 rings (SSSR count). The second-order valence-electron chi connectivity index (χ2n) is 4.67. The van der Waals surface area contributed by atoms with Crippen LogP contribution < -0.4 is 10.9 Å². The average molecular weight is 353 g/mol. The Labute approximate surface area is 137 Å². The maximum atomic E-state index is 11.7. The van der Waals surface area contributed by atoms with Crippen molar-refractivity contribution in [3.05, 3.63) is 35.9 Å². The molecule has 0 fully saturated rings. The van der Waals surface area contributed by atoms with Gasteiger partial charge in [-0.15, -0.1) is 5.10 Å². The molecular formula is C13H15N5O5S. The summed E-state index contributed by atoms with van der Waals surface area (Å²) in [6.07, 6.45) is -0.261. The lowest BCUT2D eigenvalue weighted by atomic mass is 10.3. The van der Waals surface area contributed by atoms with E-state index in [1.54, 1.807) is 6.92 Å². The maximum absolute atomic E-state index is 11.7. The van der Waals surface area contributed by atoms with Crippen LogP contribution >= 0.6 is 0 Å². The fourth-order valence-electron chi connectivity index (χ4n) is 1.88. The lowest BCUT2D eigenvalue weighted by Gasteiger charge is -2.05. The van der Waals surface area contributed by atoms with Crippen molar-refractivity contribution in [2.45, 2.75) is 18.2 Å². The first-order valence-corrected chi connectivity index (χ1v) is 8.31. The number of ether oxygens (including phenoxy) is 1. The molecule has 0 radical (unpaired) electrons. The molecular weight excluding hydrogens is 338 g/mol. The van der Waals surface area contributed by atoms with Gasteiger partial charge in [-0.05, 0) is 31.2 Å². The SMILES string of the molecule is CCOC(=O)c1nc(CC(N)=O)n(-c2ccc(S(N)(=O)=O)cc2)n1. The van der Waals surface area contributed by atoms with Crippen molar-refractivity contribution in [2.75, 3.05) is 6.61 Å². The number of nitrogens with two attached hydrogens (primary N) is 2. The molecule has 1 amide bonds. The van der Waals surface area contributed by atoms with E-state index in [9.17, 15) is 18.0 Å². The van der Waals surface area contributed by atoms with Crippen LogP contribution in [0.5, 0.6) is 0 Å². The quantitative estimate of drug-likeness (QED) is 0.637. The summed E-state index contributed by atoms with van der Waals surface area (Å²) in [5.41, 5.74) is 5.54. The number of primary amides is 1. The summed E-state index contributed by atoms with van der Waals surface area (Å²) in [6.45, 7) is 1.77. The molecule has 0 aliphatic rings. The summed E-state index contributed by atoms with van der Waals surface area (Å²) in [6, 6.07) is 5.36. The molecule has 2 aromatic rings. The van der Waals surface area contributed by atoms with Crippen LogP contribution in [0.2, 0.25) is 0 Å². The van der Waals surface area contributed by atoms with Crippen LogP contribution in [0.15, 0.2) is 29.2 Å². The minimum Gasteiger partial charge on any atom is -0.460 e. The zero-order chi connectivity index (χ0) is 17.9. The van der Waals surface area contributed by atoms with Gasteiger partial charge in [0.05, 0.1) is 23.6 Å². The van der Waals surface area contributed by atoms with Crippen molar-refractivity contribution >= 4 is 21.9 Å². The van der Waals surface area contributed by atoms with Crippen molar-refractivity contribution in [3.63, 3.8) is 0 Å². The van der Waals surface area contributed by atoms with Gasteiger partial charge in [-0.3, -0.25) is 4.79 Å². The number of amides is 1. The number of nitrogens with zero attached hydrogens (tertiary/aromatic N) is 3. The number of hydrogen-bond donors (Lipinski definition) is 2. The van der Waals surface area contributed by atoms with Crippen molar-refractivity contribution in [3.8, 4) is 5.69 Å². The van der Waals surface area contributed by atoms with Gasteiger partial charge < -0.3 is 10.5 Å². The smallest absolute Gasteiger partial charge is 0.378 e. The number of primary sulfonamides is 1. The van der Waals surface area contributed by atoms with Gasteiger partial charge in [0.15, 0.2) is 0 Å². The third-order valence-electron chi connectivity index (χ3n) is 2.87. The third kappa shape index (κ3) is 3.94.